The van der Waals surface area contributed by atoms with Crippen molar-refractivity contribution in [2.45, 2.75) is 12.8 Å². The van der Waals surface area contributed by atoms with Gasteiger partial charge >= 0.3 is 0 Å². The van der Waals surface area contributed by atoms with E-state index in [9.17, 15) is 9.59 Å². The number of pyridine rings is 1. The summed E-state index contributed by atoms with van der Waals surface area (Å²) in [5.41, 5.74) is 3.34. The van der Waals surface area contributed by atoms with Crippen LogP contribution in [-0.4, -0.2) is 43.0 Å². The van der Waals surface area contributed by atoms with Crippen LogP contribution in [0.2, 0.25) is 0 Å². The van der Waals surface area contributed by atoms with Crippen LogP contribution in [0.25, 0.3) is 22.0 Å². The molecule has 1 amide bonds. The molecule has 0 radical (unpaired) electrons. The molecule has 2 aromatic carbocycles. The first kappa shape index (κ1) is 18.9. The minimum Gasteiger partial charge on any atom is -0.355 e. The number of carbonyl (C=O) groups excluding carboxylic acids is 1. The second kappa shape index (κ2) is 8.64. The lowest BCUT2D eigenvalue weighted by Gasteiger charge is -2.10. The number of amides is 1. The summed E-state index contributed by atoms with van der Waals surface area (Å²) in [5.74, 6) is 0.0587. The van der Waals surface area contributed by atoms with Crippen LogP contribution < -0.4 is 10.9 Å². The molecule has 27 heavy (non-hydrogen) atoms. The Labute approximate surface area is 159 Å². The highest BCUT2D eigenvalue weighted by molar-refractivity contribution is 5.84. The Morgan fingerprint density at radius 1 is 1.07 bits per heavy atom. The number of H-pyrrole nitrogens is 1. The van der Waals surface area contributed by atoms with E-state index in [-0.39, 0.29) is 11.5 Å². The fourth-order valence-corrected chi connectivity index (χ4v) is 3.01. The molecule has 0 bridgehead atoms. The Balaban J connectivity index is 1.74. The second-order valence-electron chi connectivity index (χ2n) is 6.95. The maximum atomic E-state index is 12.4. The molecule has 1 heterocycles. The molecule has 3 rings (SSSR count). The molecular formula is C22H25N3O2. The summed E-state index contributed by atoms with van der Waals surface area (Å²) in [7, 11) is 3.96. The van der Waals surface area contributed by atoms with Crippen molar-refractivity contribution in [1.29, 1.82) is 0 Å². The number of aromatic amines is 1. The van der Waals surface area contributed by atoms with E-state index in [1.165, 1.54) is 0 Å². The summed E-state index contributed by atoms with van der Waals surface area (Å²) in [5, 5.41) is 3.90. The molecule has 1 aromatic heterocycles. The van der Waals surface area contributed by atoms with Crippen LogP contribution in [0.1, 0.15) is 12.0 Å². The van der Waals surface area contributed by atoms with Gasteiger partial charge in [-0.15, -0.1) is 0 Å². The van der Waals surface area contributed by atoms with Crippen LogP contribution in [-0.2, 0) is 11.2 Å². The van der Waals surface area contributed by atoms with Crippen molar-refractivity contribution >= 4 is 16.8 Å². The van der Waals surface area contributed by atoms with E-state index in [1.54, 1.807) is 0 Å². The molecular weight excluding hydrogens is 338 g/mol. The summed E-state index contributed by atoms with van der Waals surface area (Å²) >= 11 is 0. The first-order valence-corrected chi connectivity index (χ1v) is 9.16. The fraction of sp³-hybridized carbons (Fsp3) is 0.273. The van der Waals surface area contributed by atoms with Crippen LogP contribution >= 0.6 is 0 Å². The number of aryl methyl sites for hydroxylation is 1. The maximum Gasteiger partial charge on any atom is 0.256 e. The summed E-state index contributed by atoms with van der Waals surface area (Å²) < 4.78 is 0. The second-order valence-corrected chi connectivity index (χ2v) is 6.95. The van der Waals surface area contributed by atoms with Gasteiger partial charge in [0.15, 0.2) is 0 Å². The van der Waals surface area contributed by atoms with E-state index in [0.717, 1.165) is 28.6 Å². The predicted octanol–water partition coefficient (Wildman–Crippen LogP) is 2.81. The molecule has 0 atom stereocenters. The minimum atomic E-state index is -0.0956. The normalized spacial score (nSPS) is 11.1. The standard InChI is InChI=1S/C22H25N3O2/c1-25(2)13-12-23-21(26)11-9-16-8-10-20-18(14-16)15-19(22(27)24-20)17-6-4-3-5-7-17/h3-8,10,14-15H,9,11-13H2,1-2H3,(H,23,26)(H,24,27). The lowest BCUT2D eigenvalue weighted by molar-refractivity contribution is -0.121. The first-order chi connectivity index (χ1) is 13.0. The van der Waals surface area contributed by atoms with E-state index in [2.05, 4.69) is 10.3 Å². The van der Waals surface area contributed by atoms with Crippen LogP contribution in [0.4, 0.5) is 0 Å². The lowest BCUT2D eigenvalue weighted by Crippen LogP contribution is -2.31. The first-order valence-electron chi connectivity index (χ1n) is 9.16. The van der Waals surface area contributed by atoms with E-state index < -0.39 is 0 Å². The lowest BCUT2D eigenvalue weighted by atomic mass is 10.0. The number of likely N-dealkylation sites (N-methyl/N-ethyl adjacent to an activating group) is 1. The van der Waals surface area contributed by atoms with Gasteiger partial charge in [-0.3, -0.25) is 9.59 Å². The van der Waals surface area contributed by atoms with Gasteiger partial charge in [-0.05, 0) is 55.2 Å². The van der Waals surface area contributed by atoms with Gasteiger partial charge in [0.1, 0.15) is 0 Å². The third-order valence-corrected chi connectivity index (χ3v) is 4.52. The van der Waals surface area contributed by atoms with Gasteiger partial charge in [0.2, 0.25) is 5.91 Å². The molecule has 0 aliphatic heterocycles. The largest absolute Gasteiger partial charge is 0.355 e. The maximum absolute atomic E-state index is 12.4. The van der Waals surface area contributed by atoms with Crippen molar-refractivity contribution in [2.24, 2.45) is 0 Å². The van der Waals surface area contributed by atoms with Gasteiger partial charge in [-0.25, -0.2) is 0 Å². The SMILES string of the molecule is CN(C)CCNC(=O)CCc1ccc2[nH]c(=O)c(-c3ccccc3)cc2c1. The zero-order chi connectivity index (χ0) is 19.2. The molecule has 0 unspecified atom stereocenters. The fourth-order valence-electron chi connectivity index (χ4n) is 3.01. The van der Waals surface area contributed by atoms with Crippen LogP contribution in [0.5, 0.6) is 0 Å². The van der Waals surface area contributed by atoms with Crippen LogP contribution in [0.3, 0.4) is 0 Å². The van der Waals surface area contributed by atoms with Crippen molar-refractivity contribution in [2.75, 3.05) is 27.2 Å². The van der Waals surface area contributed by atoms with Gasteiger partial charge < -0.3 is 15.2 Å². The average molecular weight is 363 g/mol. The zero-order valence-corrected chi connectivity index (χ0v) is 15.8. The zero-order valence-electron chi connectivity index (χ0n) is 15.8. The van der Waals surface area contributed by atoms with E-state index in [0.29, 0.717) is 24.9 Å². The molecule has 140 valence electrons. The molecule has 0 fully saturated rings. The number of hydrogen-bond donors (Lipinski definition) is 2. The van der Waals surface area contributed by atoms with E-state index >= 15 is 0 Å². The Kier molecular flexibility index (Phi) is 6.04. The van der Waals surface area contributed by atoms with Crippen molar-refractivity contribution in [3.8, 4) is 11.1 Å². The number of aromatic nitrogens is 1. The van der Waals surface area contributed by atoms with E-state index in [4.69, 9.17) is 0 Å². The van der Waals surface area contributed by atoms with Crippen molar-refractivity contribution in [3.63, 3.8) is 0 Å². The summed E-state index contributed by atoms with van der Waals surface area (Å²) in [6, 6.07) is 17.5. The van der Waals surface area contributed by atoms with Crippen LogP contribution in [0.15, 0.2) is 59.4 Å². The van der Waals surface area contributed by atoms with Crippen LogP contribution in [0, 0.1) is 0 Å². The highest BCUT2D eigenvalue weighted by Gasteiger charge is 2.07. The number of hydrogen-bond acceptors (Lipinski definition) is 3. The predicted molar refractivity (Wildman–Crippen MR) is 110 cm³/mol. The summed E-state index contributed by atoms with van der Waals surface area (Å²) in [6.07, 6.45) is 1.12. The van der Waals surface area contributed by atoms with Crippen molar-refractivity contribution in [3.05, 3.63) is 70.5 Å². The van der Waals surface area contributed by atoms with Gasteiger partial charge in [0.25, 0.3) is 5.56 Å². The van der Waals surface area contributed by atoms with E-state index in [1.807, 2.05) is 73.6 Å². The minimum absolute atomic E-state index is 0.0587. The van der Waals surface area contributed by atoms with Gasteiger partial charge in [-0.2, -0.15) is 0 Å². The number of fused-ring (bicyclic) bond motifs is 1. The molecule has 0 aliphatic rings. The molecule has 5 nitrogen and oxygen atoms in total. The number of benzene rings is 2. The molecule has 0 spiro atoms. The molecule has 0 saturated carbocycles. The Morgan fingerprint density at radius 3 is 2.59 bits per heavy atom. The quantitative estimate of drug-likeness (QED) is 0.678. The average Bonchev–Trinajstić information content (AvgIpc) is 2.66. The monoisotopic (exact) mass is 363 g/mol. The molecule has 2 N–H and O–H groups in total. The molecule has 3 aromatic rings. The number of rotatable bonds is 7. The van der Waals surface area contributed by atoms with Gasteiger partial charge in [0.05, 0.1) is 0 Å². The highest BCUT2D eigenvalue weighted by atomic mass is 16.1. The van der Waals surface area contributed by atoms with Gasteiger partial charge in [0, 0.05) is 30.6 Å². The number of carbonyl (C=O) groups is 1. The summed E-state index contributed by atoms with van der Waals surface area (Å²) in [4.78, 5) is 29.3. The highest BCUT2D eigenvalue weighted by Crippen LogP contribution is 2.20. The number of nitrogens with one attached hydrogen (secondary N) is 2. The topological polar surface area (TPSA) is 65.2 Å². The molecule has 0 saturated heterocycles. The Hall–Kier alpha value is -2.92. The molecule has 0 aliphatic carbocycles. The smallest absolute Gasteiger partial charge is 0.256 e. The van der Waals surface area contributed by atoms with Gasteiger partial charge in [-0.1, -0.05) is 36.4 Å². The Morgan fingerprint density at radius 2 is 1.85 bits per heavy atom. The third-order valence-electron chi connectivity index (χ3n) is 4.52. The van der Waals surface area contributed by atoms with Crippen molar-refractivity contribution < 1.29 is 4.79 Å². The third kappa shape index (κ3) is 5.05. The Bertz CT molecular complexity index is 978. The number of nitrogens with zero attached hydrogens (tertiary/aromatic N) is 1. The summed E-state index contributed by atoms with van der Waals surface area (Å²) in [6.45, 7) is 1.49. The van der Waals surface area contributed by atoms with Crippen molar-refractivity contribution in [1.82, 2.24) is 15.2 Å². The molecule has 5 heteroatoms.